The van der Waals surface area contributed by atoms with Crippen LogP contribution in [0.1, 0.15) is 25.8 Å². The highest BCUT2D eigenvalue weighted by molar-refractivity contribution is 6.12. The molecule has 3 N–H and O–H groups in total. The number of hydrogen-bond donors (Lipinski definition) is 3. The zero-order chi connectivity index (χ0) is 19.3. The maximum absolute atomic E-state index is 12.6. The molecule has 1 aliphatic heterocycles. The summed E-state index contributed by atoms with van der Waals surface area (Å²) in [7, 11) is 0. The molecule has 8 heteroatoms. The quantitative estimate of drug-likeness (QED) is 0.677. The van der Waals surface area contributed by atoms with E-state index in [-0.39, 0.29) is 18.4 Å². The van der Waals surface area contributed by atoms with Crippen molar-refractivity contribution in [2.45, 2.75) is 33.2 Å². The molecule has 1 atom stereocenters. The Kier molecular flexibility index (Phi) is 6.32. The lowest BCUT2D eigenvalue weighted by molar-refractivity contribution is -0.138. The van der Waals surface area contributed by atoms with E-state index in [0.29, 0.717) is 12.4 Å². The van der Waals surface area contributed by atoms with E-state index in [1.165, 1.54) is 4.90 Å². The van der Waals surface area contributed by atoms with E-state index in [2.05, 4.69) is 15.6 Å². The van der Waals surface area contributed by atoms with Crippen molar-refractivity contribution in [1.82, 2.24) is 10.2 Å². The molecule has 0 unspecified atom stereocenters. The molecule has 1 aliphatic rings. The Morgan fingerprint density at radius 2 is 1.92 bits per heavy atom. The number of benzene rings is 1. The van der Waals surface area contributed by atoms with Gasteiger partial charge in [-0.2, -0.15) is 0 Å². The number of carbonyl (C=O) groups excluding carboxylic acids is 2. The highest BCUT2D eigenvalue weighted by Crippen LogP contribution is 2.20. The number of carboxylic acid groups (broad SMARTS) is 1. The molecular weight excluding hydrogens is 336 g/mol. The van der Waals surface area contributed by atoms with E-state index in [0.717, 1.165) is 11.3 Å². The highest BCUT2D eigenvalue weighted by atomic mass is 16.4. The number of hydrogen-bond acceptors (Lipinski definition) is 5. The Bertz CT molecular complexity index is 712. The number of anilines is 1. The summed E-state index contributed by atoms with van der Waals surface area (Å²) in [5.74, 6) is -1.39. The Morgan fingerprint density at radius 1 is 1.27 bits per heavy atom. The Balaban J connectivity index is 2.14. The van der Waals surface area contributed by atoms with Gasteiger partial charge in [0.05, 0.1) is 0 Å². The van der Waals surface area contributed by atoms with E-state index in [1.807, 2.05) is 45.0 Å². The average molecular weight is 360 g/mol. The summed E-state index contributed by atoms with van der Waals surface area (Å²) in [5.41, 5.74) is 1.85. The number of guanidine groups is 1. The molecule has 0 aliphatic carbocycles. The first kappa shape index (κ1) is 19.4. The second kappa shape index (κ2) is 8.46. The van der Waals surface area contributed by atoms with Crippen molar-refractivity contribution < 1.29 is 19.5 Å². The third-order valence-corrected chi connectivity index (χ3v) is 3.83. The molecule has 0 saturated heterocycles. The standard InChI is InChI=1S/C18H24N4O4/c1-11(2)8-14-17(26)22(10-15(23)19-9-16(24)25)18(21-14)20-13-6-4-12(3)5-7-13/h4-7,11,14H,8-10H2,1-3H3,(H,19,23)(H,20,21)(H,24,25)/t14-/m0/s1. The minimum Gasteiger partial charge on any atom is -0.480 e. The minimum atomic E-state index is -1.14. The zero-order valence-electron chi connectivity index (χ0n) is 15.2. The van der Waals surface area contributed by atoms with Crippen LogP contribution in [0.15, 0.2) is 29.3 Å². The van der Waals surface area contributed by atoms with Crippen LogP contribution in [0.4, 0.5) is 5.69 Å². The van der Waals surface area contributed by atoms with Crippen LogP contribution in [0.3, 0.4) is 0 Å². The molecule has 0 aromatic heterocycles. The van der Waals surface area contributed by atoms with Crippen LogP contribution in [-0.2, 0) is 14.4 Å². The van der Waals surface area contributed by atoms with E-state index in [1.54, 1.807) is 0 Å². The van der Waals surface area contributed by atoms with Gasteiger partial charge in [-0.05, 0) is 31.4 Å². The highest BCUT2D eigenvalue weighted by Gasteiger charge is 2.36. The zero-order valence-corrected chi connectivity index (χ0v) is 15.2. The van der Waals surface area contributed by atoms with Gasteiger partial charge in [0.25, 0.3) is 5.91 Å². The number of amides is 2. The van der Waals surface area contributed by atoms with Gasteiger partial charge in [-0.1, -0.05) is 31.5 Å². The maximum Gasteiger partial charge on any atom is 0.322 e. The van der Waals surface area contributed by atoms with Gasteiger partial charge in [-0.15, -0.1) is 0 Å². The van der Waals surface area contributed by atoms with Gasteiger partial charge in [-0.25, -0.2) is 4.99 Å². The van der Waals surface area contributed by atoms with E-state index < -0.39 is 24.5 Å². The molecule has 26 heavy (non-hydrogen) atoms. The summed E-state index contributed by atoms with van der Waals surface area (Å²) in [6.45, 7) is 5.20. The lowest BCUT2D eigenvalue weighted by atomic mass is 10.0. The second-order valence-electron chi connectivity index (χ2n) is 6.68. The van der Waals surface area contributed by atoms with Crippen molar-refractivity contribution in [3.8, 4) is 0 Å². The molecule has 0 radical (unpaired) electrons. The summed E-state index contributed by atoms with van der Waals surface area (Å²) < 4.78 is 0. The number of nitrogens with one attached hydrogen (secondary N) is 2. The largest absolute Gasteiger partial charge is 0.480 e. The predicted octanol–water partition coefficient (Wildman–Crippen LogP) is 1.22. The van der Waals surface area contributed by atoms with Gasteiger partial charge in [-0.3, -0.25) is 19.3 Å². The number of nitrogens with zero attached hydrogens (tertiary/aromatic N) is 2. The summed E-state index contributed by atoms with van der Waals surface area (Å²) >= 11 is 0. The smallest absolute Gasteiger partial charge is 0.322 e. The molecule has 0 spiro atoms. The minimum absolute atomic E-state index is 0.265. The van der Waals surface area contributed by atoms with E-state index in [9.17, 15) is 14.4 Å². The van der Waals surface area contributed by atoms with Gasteiger partial charge in [0.15, 0.2) is 0 Å². The first-order valence-corrected chi connectivity index (χ1v) is 8.47. The van der Waals surface area contributed by atoms with Gasteiger partial charge in [0.2, 0.25) is 11.9 Å². The third kappa shape index (κ3) is 5.30. The van der Waals surface area contributed by atoms with Crippen LogP contribution in [0, 0.1) is 12.8 Å². The van der Waals surface area contributed by atoms with E-state index in [4.69, 9.17) is 5.11 Å². The number of carbonyl (C=O) groups is 3. The fourth-order valence-corrected chi connectivity index (χ4v) is 2.55. The summed E-state index contributed by atoms with van der Waals surface area (Å²) in [6.07, 6.45) is 0.575. The first-order chi connectivity index (χ1) is 12.3. The summed E-state index contributed by atoms with van der Waals surface area (Å²) in [6, 6.07) is 7.03. The van der Waals surface area contributed by atoms with Crippen molar-refractivity contribution in [3.63, 3.8) is 0 Å². The van der Waals surface area contributed by atoms with Crippen molar-refractivity contribution in [2.24, 2.45) is 10.9 Å². The molecule has 2 rings (SSSR count). The topological polar surface area (TPSA) is 111 Å². The van der Waals surface area contributed by atoms with Gasteiger partial charge in [0.1, 0.15) is 19.1 Å². The van der Waals surface area contributed by atoms with Crippen LogP contribution in [-0.4, -0.2) is 52.9 Å². The van der Waals surface area contributed by atoms with Crippen LogP contribution in [0.5, 0.6) is 0 Å². The second-order valence-corrected chi connectivity index (χ2v) is 6.68. The molecule has 0 bridgehead atoms. The van der Waals surface area contributed by atoms with Gasteiger partial charge in [0, 0.05) is 5.69 Å². The number of aryl methyl sites for hydroxylation is 1. The number of aliphatic carboxylic acids is 1. The Labute approximate surface area is 152 Å². The molecule has 1 heterocycles. The van der Waals surface area contributed by atoms with Crippen molar-refractivity contribution >= 4 is 29.4 Å². The lowest BCUT2D eigenvalue weighted by Gasteiger charge is -2.19. The predicted molar refractivity (Wildman–Crippen MR) is 97.8 cm³/mol. The Morgan fingerprint density at radius 3 is 2.50 bits per heavy atom. The summed E-state index contributed by atoms with van der Waals surface area (Å²) in [4.78, 5) is 40.9. The van der Waals surface area contributed by atoms with Crippen molar-refractivity contribution in [3.05, 3.63) is 29.8 Å². The SMILES string of the molecule is Cc1ccc(NC2=N[C@@H](CC(C)C)C(=O)N2CC(=O)NCC(=O)O)cc1. The molecule has 1 aromatic rings. The van der Waals surface area contributed by atoms with Gasteiger partial charge < -0.3 is 15.7 Å². The molecule has 0 saturated carbocycles. The van der Waals surface area contributed by atoms with Crippen LogP contribution in [0.2, 0.25) is 0 Å². The molecule has 8 nitrogen and oxygen atoms in total. The first-order valence-electron chi connectivity index (χ1n) is 8.47. The molecule has 0 fully saturated rings. The third-order valence-electron chi connectivity index (χ3n) is 3.83. The fraction of sp³-hybridized carbons (Fsp3) is 0.444. The number of carboxylic acids is 1. The number of aliphatic imine (C=N–C) groups is 1. The normalized spacial score (nSPS) is 16.6. The summed E-state index contributed by atoms with van der Waals surface area (Å²) in [5, 5.41) is 14.0. The van der Waals surface area contributed by atoms with Crippen molar-refractivity contribution in [2.75, 3.05) is 18.4 Å². The molecular formula is C18H24N4O4. The Hall–Kier alpha value is -2.90. The fourth-order valence-electron chi connectivity index (χ4n) is 2.55. The maximum atomic E-state index is 12.6. The molecule has 140 valence electrons. The molecule has 1 aromatic carbocycles. The van der Waals surface area contributed by atoms with Crippen LogP contribution >= 0.6 is 0 Å². The van der Waals surface area contributed by atoms with Crippen molar-refractivity contribution in [1.29, 1.82) is 0 Å². The monoisotopic (exact) mass is 360 g/mol. The van der Waals surface area contributed by atoms with E-state index >= 15 is 0 Å². The molecule has 2 amide bonds. The lowest BCUT2D eigenvalue weighted by Crippen LogP contribution is -2.46. The average Bonchev–Trinajstić information content (AvgIpc) is 2.83. The van der Waals surface area contributed by atoms with Crippen LogP contribution in [0.25, 0.3) is 0 Å². The number of rotatable bonds is 7. The van der Waals surface area contributed by atoms with Gasteiger partial charge >= 0.3 is 5.97 Å². The van der Waals surface area contributed by atoms with Crippen LogP contribution < -0.4 is 10.6 Å².